The van der Waals surface area contributed by atoms with Crippen molar-refractivity contribution in [2.75, 3.05) is 26.2 Å². The highest BCUT2D eigenvalue weighted by molar-refractivity contribution is 5.77. The molecule has 3 N–H and O–H groups in total. The quantitative estimate of drug-likeness (QED) is 0.600. The summed E-state index contributed by atoms with van der Waals surface area (Å²) in [5.74, 6) is 0.578. The molecule has 1 heterocycles. The van der Waals surface area contributed by atoms with Crippen molar-refractivity contribution in [3.8, 4) is 0 Å². The van der Waals surface area contributed by atoms with Crippen molar-refractivity contribution in [1.82, 2.24) is 10.2 Å². The van der Waals surface area contributed by atoms with Gasteiger partial charge in [-0.25, -0.2) is 0 Å². The van der Waals surface area contributed by atoms with Gasteiger partial charge in [0.2, 0.25) is 0 Å². The van der Waals surface area contributed by atoms with Gasteiger partial charge in [-0.2, -0.15) is 0 Å². The summed E-state index contributed by atoms with van der Waals surface area (Å²) in [4.78, 5) is 7.08. The molecular formula is C19H32N4. The molecule has 0 aromatic heterocycles. The molecule has 1 aromatic rings. The number of likely N-dealkylation sites (N-methyl/N-ethyl adjacent to an activating group) is 1. The fourth-order valence-electron chi connectivity index (χ4n) is 3.32. The minimum Gasteiger partial charge on any atom is -0.370 e. The number of rotatable bonds is 7. The molecular weight excluding hydrogens is 284 g/mol. The molecule has 1 fully saturated rings. The van der Waals surface area contributed by atoms with E-state index in [1.807, 2.05) is 0 Å². The predicted octanol–water partition coefficient (Wildman–Crippen LogP) is 2.64. The van der Waals surface area contributed by atoms with Crippen LogP contribution in [0.3, 0.4) is 0 Å². The second kappa shape index (κ2) is 8.34. The van der Waals surface area contributed by atoms with Gasteiger partial charge >= 0.3 is 0 Å². The minimum atomic E-state index is 0.108. The summed E-state index contributed by atoms with van der Waals surface area (Å²) in [6.45, 7) is 10.7. The maximum atomic E-state index is 6.06. The van der Waals surface area contributed by atoms with Crippen LogP contribution in [0.1, 0.15) is 39.2 Å². The van der Waals surface area contributed by atoms with E-state index < -0.39 is 0 Å². The Balaban J connectivity index is 1.79. The molecule has 1 saturated heterocycles. The van der Waals surface area contributed by atoms with Crippen LogP contribution < -0.4 is 11.1 Å². The molecule has 128 valence electrons. The molecule has 0 spiro atoms. The zero-order valence-corrected chi connectivity index (χ0v) is 14.9. The molecule has 23 heavy (non-hydrogen) atoms. The zero-order valence-electron chi connectivity index (χ0n) is 14.9. The Morgan fingerprint density at radius 1 is 1.35 bits per heavy atom. The number of hydrogen-bond acceptors (Lipinski definition) is 2. The number of nitrogens with two attached hydrogens (primary N) is 1. The number of likely N-dealkylation sites (tertiary alicyclic amines) is 1. The van der Waals surface area contributed by atoms with Gasteiger partial charge in [0.15, 0.2) is 5.96 Å². The summed E-state index contributed by atoms with van der Waals surface area (Å²) >= 11 is 0. The van der Waals surface area contributed by atoms with Crippen molar-refractivity contribution in [3.05, 3.63) is 35.9 Å². The monoisotopic (exact) mass is 316 g/mol. The molecule has 0 saturated carbocycles. The Labute approximate surface area is 141 Å². The number of benzene rings is 1. The third-order valence-corrected chi connectivity index (χ3v) is 4.63. The topological polar surface area (TPSA) is 53.6 Å². The molecule has 0 bridgehead atoms. The number of guanidine groups is 1. The molecule has 1 aliphatic heterocycles. The fraction of sp³-hybridized carbons (Fsp3) is 0.632. The predicted molar refractivity (Wildman–Crippen MR) is 98.7 cm³/mol. The molecule has 0 amide bonds. The first-order chi connectivity index (χ1) is 11.0. The summed E-state index contributed by atoms with van der Waals surface area (Å²) in [6.07, 6.45) is 3.56. The van der Waals surface area contributed by atoms with Crippen molar-refractivity contribution < 1.29 is 0 Å². The molecule has 0 radical (unpaired) electrons. The van der Waals surface area contributed by atoms with Gasteiger partial charge in [-0.05, 0) is 43.3 Å². The second-order valence-electron chi connectivity index (χ2n) is 7.33. The standard InChI is InChI=1S/C19H32N4/c1-4-23-12-8-11-17(23)14-21-18(20)22-15-19(2,3)13-16-9-6-5-7-10-16/h5-7,9-10,17H,4,8,11-15H2,1-3H3,(H3,20,21,22). The van der Waals surface area contributed by atoms with Gasteiger partial charge in [0.1, 0.15) is 0 Å². The van der Waals surface area contributed by atoms with Crippen LogP contribution in [0.25, 0.3) is 0 Å². The van der Waals surface area contributed by atoms with E-state index in [9.17, 15) is 0 Å². The maximum Gasteiger partial charge on any atom is 0.188 e. The SMILES string of the molecule is CCN1CCCC1CNC(N)=NCC(C)(C)Cc1ccccc1. The highest BCUT2D eigenvalue weighted by Crippen LogP contribution is 2.22. The Kier molecular flexibility index (Phi) is 6.46. The van der Waals surface area contributed by atoms with Gasteiger partial charge in [0, 0.05) is 19.1 Å². The lowest BCUT2D eigenvalue weighted by atomic mass is 9.86. The van der Waals surface area contributed by atoms with Crippen LogP contribution in [-0.4, -0.2) is 43.1 Å². The largest absolute Gasteiger partial charge is 0.370 e. The van der Waals surface area contributed by atoms with Gasteiger partial charge in [0.05, 0.1) is 0 Å². The lowest BCUT2D eigenvalue weighted by Crippen LogP contribution is -2.43. The van der Waals surface area contributed by atoms with Gasteiger partial charge in [-0.15, -0.1) is 0 Å². The number of nitrogens with zero attached hydrogens (tertiary/aromatic N) is 2. The number of aliphatic imine (C=N–C) groups is 1. The summed E-state index contributed by atoms with van der Waals surface area (Å²) in [6, 6.07) is 11.2. The highest BCUT2D eigenvalue weighted by atomic mass is 15.2. The number of hydrogen-bond donors (Lipinski definition) is 2. The van der Waals surface area contributed by atoms with E-state index in [0.717, 1.165) is 26.1 Å². The van der Waals surface area contributed by atoms with E-state index in [4.69, 9.17) is 5.73 Å². The van der Waals surface area contributed by atoms with Crippen LogP contribution >= 0.6 is 0 Å². The van der Waals surface area contributed by atoms with Gasteiger partial charge in [-0.3, -0.25) is 9.89 Å². The third-order valence-electron chi connectivity index (χ3n) is 4.63. The Hall–Kier alpha value is -1.55. The molecule has 2 rings (SSSR count). The third kappa shape index (κ3) is 5.87. The van der Waals surface area contributed by atoms with Crippen LogP contribution in [-0.2, 0) is 6.42 Å². The average Bonchev–Trinajstić information content (AvgIpc) is 2.99. The van der Waals surface area contributed by atoms with Gasteiger partial charge < -0.3 is 11.1 Å². The first-order valence-electron chi connectivity index (χ1n) is 8.82. The summed E-state index contributed by atoms with van der Waals surface area (Å²) in [5, 5.41) is 3.31. The fourth-order valence-corrected chi connectivity index (χ4v) is 3.32. The summed E-state index contributed by atoms with van der Waals surface area (Å²) in [7, 11) is 0. The molecule has 1 aliphatic rings. The van der Waals surface area contributed by atoms with E-state index in [0.29, 0.717) is 12.0 Å². The van der Waals surface area contributed by atoms with Crippen LogP contribution in [0.2, 0.25) is 0 Å². The smallest absolute Gasteiger partial charge is 0.188 e. The van der Waals surface area contributed by atoms with E-state index >= 15 is 0 Å². The second-order valence-corrected chi connectivity index (χ2v) is 7.33. The zero-order chi connectivity index (χ0) is 16.7. The Morgan fingerprint density at radius 3 is 2.78 bits per heavy atom. The van der Waals surface area contributed by atoms with Crippen LogP contribution in [0.15, 0.2) is 35.3 Å². The van der Waals surface area contributed by atoms with Crippen molar-refractivity contribution in [2.45, 2.75) is 46.1 Å². The molecule has 4 nitrogen and oxygen atoms in total. The van der Waals surface area contributed by atoms with Crippen molar-refractivity contribution in [1.29, 1.82) is 0 Å². The summed E-state index contributed by atoms with van der Waals surface area (Å²) in [5.41, 5.74) is 7.52. The van der Waals surface area contributed by atoms with Crippen molar-refractivity contribution in [2.24, 2.45) is 16.1 Å². The lowest BCUT2D eigenvalue weighted by Gasteiger charge is -2.24. The van der Waals surface area contributed by atoms with Crippen molar-refractivity contribution >= 4 is 5.96 Å². The van der Waals surface area contributed by atoms with Crippen LogP contribution in [0, 0.1) is 5.41 Å². The lowest BCUT2D eigenvalue weighted by molar-refractivity contribution is 0.267. The molecule has 4 heteroatoms. The molecule has 0 aliphatic carbocycles. The average molecular weight is 316 g/mol. The van der Waals surface area contributed by atoms with E-state index in [-0.39, 0.29) is 5.41 Å². The van der Waals surface area contributed by atoms with Gasteiger partial charge in [0.25, 0.3) is 0 Å². The van der Waals surface area contributed by atoms with E-state index in [2.05, 4.69) is 66.3 Å². The summed E-state index contributed by atoms with van der Waals surface area (Å²) < 4.78 is 0. The Bertz CT molecular complexity index is 495. The van der Waals surface area contributed by atoms with Crippen LogP contribution in [0.5, 0.6) is 0 Å². The highest BCUT2D eigenvalue weighted by Gasteiger charge is 2.23. The van der Waals surface area contributed by atoms with Crippen molar-refractivity contribution in [3.63, 3.8) is 0 Å². The minimum absolute atomic E-state index is 0.108. The maximum absolute atomic E-state index is 6.06. The molecule has 1 aromatic carbocycles. The Morgan fingerprint density at radius 2 is 2.09 bits per heavy atom. The normalized spacial score (nSPS) is 20.0. The van der Waals surface area contributed by atoms with E-state index in [1.54, 1.807) is 0 Å². The first kappa shape index (κ1) is 17.8. The van der Waals surface area contributed by atoms with Crippen LogP contribution in [0.4, 0.5) is 0 Å². The number of nitrogens with one attached hydrogen (secondary N) is 1. The van der Waals surface area contributed by atoms with Gasteiger partial charge in [-0.1, -0.05) is 51.1 Å². The van der Waals surface area contributed by atoms with E-state index in [1.165, 1.54) is 24.9 Å². The molecule has 1 unspecified atom stereocenters. The molecule has 1 atom stereocenters. The first-order valence-corrected chi connectivity index (χ1v) is 8.82.